The van der Waals surface area contributed by atoms with Crippen LogP contribution in [0.4, 0.5) is 5.69 Å². The summed E-state index contributed by atoms with van der Waals surface area (Å²) in [6.07, 6.45) is 0. The number of aryl methyl sites for hydroxylation is 1. The molecule has 0 aliphatic carbocycles. The smallest absolute Gasteiger partial charge is 0.265 e. The first-order valence-electron chi connectivity index (χ1n) is 7.47. The first-order chi connectivity index (χ1) is 11.6. The van der Waals surface area contributed by atoms with Crippen LogP contribution >= 0.6 is 27.3 Å². The number of anilines is 1. The van der Waals surface area contributed by atoms with E-state index >= 15 is 0 Å². The van der Waals surface area contributed by atoms with Gasteiger partial charge in [-0.05, 0) is 58.7 Å². The van der Waals surface area contributed by atoms with Crippen molar-refractivity contribution < 1.29 is 4.79 Å². The Hall–Kier alpha value is -2.24. The number of hydrogen-bond donors (Lipinski definition) is 1. The Morgan fingerprint density at radius 3 is 2.75 bits per heavy atom. The summed E-state index contributed by atoms with van der Waals surface area (Å²) in [6.45, 7) is 2.01. The number of pyridine rings is 1. The minimum absolute atomic E-state index is 0.119. The highest BCUT2D eigenvalue weighted by molar-refractivity contribution is 9.10. The van der Waals surface area contributed by atoms with E-state index in [0.717, 1.165) is 36.8 Å². The van der Waals surface area contributed by atoms with E-state index in [0.29, 0.717) is 4.88 Å². The molecule has 4 aromatic rings. The number of rotatable bonds is 2. The van der Waals surface area contributed by atoms with E-state index in [1.807, 2.05) is 55.5 Å². The van der Waals surface area contributed by atoms with E-state index in [4.69, 9.17) is 0 Å². The monoisotopic (exact) mass is 396 g/mol. The molecular weight excluding hydrogens is 384 g/mol. The third-order valence-electron chi connectivity index (χ3n) is 3.81. The summed E-state index contributed by atoms with van der Waals surface area (Å²) in [5.41, 5.74) is 2.85. The third kappa shape index (κ3) is 2.81. The SMILES string of the molecule is Cc1ccc(NC(=O)c2cc3cc4ccccc4nc3s2)c(Br)c1. The number of carbonyl (C=O) groups is 1. The molecule has 2 aromatic heterocycles. The van der Waals surface area contributed by atoms with Crippen molar-refractivity contribution in [2.24, 2.45) is 0 Å². The van der Waals surface area contributed by atoms with Crippen LogP contribution in [0.1, 0.15) is 15.2 Å². The van der Waals surface area contributed by atoms with Crippen molar-refractivity contribution in [3.63, 3.8) is 0 Å². The van der Waals surface area contributed by atoms with Crippen LogP contribution in [0.2, 0.25) is 0 Å². The Morgan fingerprint density at radius 2 is 1.92 bits per heavy atom. The van der Waals surface area contributed by atoms with Crippen LogP contribution in [0, 0.1) is 6.92 Å². The molecule has 1 amide bonds. The van der Waals surface area contributed by atoms with Gasteiger partial charge >= 0.3 is 0 Å². The number of halogens is 1. The van der Waals surface area contributed by atoms with Crippen LogP contribution in [0.5, 0.6) is 0 Å². The van der Waals surface area contributed by atoms with Gasteiger partial charge in [-0.25, -0.2) is 4.98 Å². The molecule has 5 heteroatoms. The van der Waals surface area contributed by atoms with Gasteiger partial charge in [-0.1, -0.05) is 24.3 Å². The van der Waals surface area contributed by atoms with Crippen molar-refractivity contribution in [3.8, 4) is 0 Å². The molecule has 3 nitrogen and oxygen atoms in total. The van der Waals surface area contributed by atoms with Crippen molar-refractivity contribution in [2.75, 3.05) is 5.32 Å². The second kappa shape index (κ2) is 6.00. The molecule has 0 aliphatic heterocycles. The van der Waals surface area contributed by atoms with Crippen molar-refractivity contribution in [1.82, 2.24) is 4.98 Å². The number of benzene rings is 2. The molecule has 2 aromatic carbocycles. The number of nitrogens with one attached hydrogen (secondary N) is 1. The predicted octanol–water partition coefficient (Wildman–Crippen LogP) is 5.77. The van der Waals surface area contributed by atoms with Crippen LogP contribution in [0.15, 0.2) is 59.1 Å². The van der Waals surface area contributed by atoms with Gasteiger partial charge in [0.2, 0.25) is 0 Å². The van der Waals surface area contributed by atoms with Crippen molar-refractivity contribution in [3.05, 3.63) is 69.5 Å². The standard InChI is InChI=1S/C19H13BrN2OS/c1-11-6-7-16(14(20)8-11)21-18(23)17-10-13-9-12-4-2-3-5-15(12)22-19(13)24-17/h2-10H,1H3,(H,21,23). The van der Waals surface area contributed by atoms with E-state index in [1.54, 1.807) is 0 Å². The van der Waals surface area contributed by atoms with E-state index in [-0.39, 0.29) is 5.91 Å². The van der Waals surface area contributed by atoms with Crippen LogP contribution in [0.3, 0.4) is 0 Å². The third-order valence-corrected chi connectivity index (χ3v) is 5.51. The summed E-state index contributed by atoms with van der Waals surface area (Å²) in [6, 6.07) is 17.8. The van der Waals surface area contributed by atoms with Crippen molar-refractivity contribution in [2.45, 2.75) is 6.92 Å². The lowest BCUT2D eigenvalue weighted by Gasteiger charge is -2.06. The molecule has 118 valence electrons. The molecule has 2 heterocycles. The first-order valence-corrected chi connectivity index (χ1v) is 9.08. The van der Waals surface area contributed by atoms with Gasteiger partial charge in [0, 0.05) is 15.2 Å². The second-order valence-electron chi connectivity index (χ2n) is 5.62. The number of carbonyl (C=O) groups excluding carboxylic acids is 1. The molecule has 0 saturated carbocycles. The Kier molecular flexibility index (Phi) is 3.82. The number of amides is 1. The summed E-state index contributed by atoms with van der Waals surface area (Å²) in [4.78, 5) is 18.7. The normalized spacial score (nSPS) is 11.1. The molecule has 0 atom stereocenters. The fourth-order valence-electron chi connectivity index (χ4n) is 2.59. The molecule has 0 spiro atoms. The molecule has 0 bridgehead atoms. The summed E-state index contributed by atoms with van der Waals surface area (Å²) in [5, 5.41) is 5.03. The van der Waals surface area contributed by atoms with Gasteiger partial charge in [-0.3, -0.25) is 4.79 Å². The van der Waals surface area contributed by atoms with Gasteiger partial charge in [-0.2, -0.15) is 0 Å². The van der Waals surface area contributed by atoms with Crippen LogP contribution in [-0.4, -0.2) is 10.9 Å². The minimum atomic E-state index is -0.119. The molecule has 24 heavy (non-hydrogen) atoms. The number of nitrogens with zero attached hydrogens (tertiary/aromatic N) is 1. The molecule has 0 unspecified atom stereocenters. The lowest BCUT2D eigenvalue weighted by molar-refractivity contribution is 0.103. The Morgan fingerprint density at radius 1 is 1.08 bits per heavy atom. The molecule has 1 N–H and O–H groups in total. The fraction of sp³-hybridized carbons (Fsp3) is 0.0526. The maximum atomic E-state index is 12.6. The maximum Gasteiger partial charge on any atom is 0.265 e. The molecule has 0 radical (unpaired) electrons. The maximum absolute atomic E-state index is 12.6. The summed E-state index contributed by atoms with van der Waals surface area (Å²) >= 11 is 4.90. The van der Waals surface area contributed by atoms with Crippen LogP contribution < -0.4 is 5.32 Å². The molecule has 4 rings (SSSR count). The Bertz CT molecular complexity index is 1030. The summed E-state index contributed by atoms with van der Waals surface area (Å²) in [7, 11) is 0. The van der Waals surface area contributed by atoms with Crippen LogP contribution in [-0.2, 0) is 0 Å². The quantitative estimate of drug-likeness (QED) is 0.466. The number of aromatic nitrogens is 1. The predicted molar refractivity (Wildman–Crippen MR) is 104 cm³/mol. The highest BCUT2D eigenvalue weighted by atomic mass is 79.9. The molecular formula is C19H13BrN2OS. The molecule has 0 saturated heterocycles. The van der Waals surface area contributed by atoms with Gasteiger partial charge in [-0.15, -0.1) is 11.3 Å². The van der Waals surface area contributed by atoms with E-state index in [1.165, 1.54) is 11.3 Å². The topological polar surface area (TPSA) is 42.0 Å². The zero-order valence-corrected chi connectivity index (χ0v) is 15.2. The second-order valence-corrected chi connectivity index (χ2v) is 7.51. The number of hydrogen-bond acceptors (Lipinski definition) is 3. The van der Waals surface area contributed by atoms with Crippen LogP contribution in [0.25, 0.3) is 21.1 Å². The first kappa shape index (κ1) is 15.3. The Labute approximate surface area is 151 Å². The lowest BCUT2D eigenvalue weighted by Crippen LogP contribution is -2.10. The van der Waals surface area contributed by atoms with E-state index in [9.17, 15) is 4.79 Å². The lowest BCUT2D eigenvalue weighted by atomic mass is 10.2. The molecule has 0 fully saturated rings. The average Bonchev–Trinajstić information content (AvgIpc) is 2.98. The van der Waals surface area contributed by atoms with Gasteiger partial charge in [0.25, 0.3) is 5.91 Å². The van der Waals surface area contributed by atoms with E-state index < -0.39 is 0 Å². The fourth-order valence-corrected chi connectivity index (χ4v) is 4.10. The summed E-state index contributed by atoms with van der Waals surface area (Å²) < 4.78 is 0.876. The number of fused-ring (bicyclic) bond motifs is 2. The zero-order chi connectivity index (χ0) is 16.7. The average molecular weight is 397 g/mol. The van der Waals surface area contributed by atoms with Gasteiger partial charge in [0.05, 0.1) is 16.1 Å². The van der Waals surface area contributed by atoms with E-state index in [2.05, 4.69) is 32.3 Å². The highest BCUT2D eigenvalue weighted by Crippen LogP contribution is 2.29. The largest absolute Gasteiger partial charge is 0.320 e. The minimum Gasteiger partial charge on any atom is -0.320 e. The zero-order valence-electron chi connectivity index (χ0n) is 12.8. The Balaban J connectivity index is 1.70. The summed E-state index contributed by atoms with van der Waals surface area (Å²) in [5.74, 6) is -0.119. The van der Waals surface area contributed by atoms with Gasteiger partial charge in [0.1, 0.15) is 4.83 Å². The van der Waals surface area contributed by atoms with Gasteiger partial charge in [0.15, 0.2) is 0 Å². The van der Waals surface area contributed by atoms with Crippen molar-refractivity contribution in [1.29, 1.82) is 0 Å². The number of thiophene rings is 1. The molecule has 0 aliphatic rings. The van der Waals surface area contributed by atoms with Gasteiger partial charge < -0.3 is 5.32 Å². The number of para-hydroxylation sites is 1. The highest BCUT2D eigenvalue weighted by Gasteiger charge is 2.13. The van der Waals surface area contributed by atoms with Crippen molar-refractivity contribution >= 4 is 60.0 Å².